The molecule has 2 aromatic rings. The lowest BCUT2D eigenvalue weighted by molar-refractivity contribution is -0.146. The Morgan fingerprint density at radius 1 is 1.28 bits per heavy atom. The quantitative estimate of drug-likeness (QED) is 0.702. The minimum absolute atomic E-state index is 0.151. The van der Waals surface area contributed by atoms with Gasteiger partial charge >= 0.3 is 11.8 Å². The van der Waals surface area contributed by atoms with Gasteiger partial charge in [-0.2, -0.15) is 5.10 Å². The van der Waals surface area contributed by atoms with Crippen molar-refractivity contribution in [3.8, 4) is 0 Å². The van der Waals surface area contributed by atoms with Gasteiger partial charge in [-0.05, 0) is 31.4 Å². The SMILES string of the molecule is NC(=O)c1cncc(NC(=O)C(=O)N2CCCC[C@H]2c2cc[nH]n2)c1. The lowest BCUT2D eigenvalue weighted by Gasteiger charge is -2.34. The van der Waals surface area contributed by atoms with Gasteiger partial charge in [-0.25, -0.2) is 0 Å². The van der Waals surface area contributed by atoms with Crippen LogP contribution in [0.5, 0.6) is 0 Å². The van der Waals surface area contributed by atoms with Gasteiger partial charge in [0.05, 0.1) is 29.2 Å². The van der Waals surface area contributed by atoms with E-state index in [-0.39, 0.29) is 17.3 Å². The van der Waals surface area contributed by atoms with Gasteiger partial charge in [0.2, 0.25) is 5.91 Å². The monoisotopic (exact) mass is 342 g/mol. The molecule has 0 spiro atoms. The number of carbonyl (C=O) groups is 3. The number of H-pyrrole nitrogens is 1. The Morgan fingerprint density at radius 3 is 2.84 bits per heavy atom. The van der Waals surface area contributed by atoms with E-state index < -0.39 is 17.7 Å². The Balaban J connectivity index is 1.74. The largest absolute Gasteiger partial charge is 0.366 e. The van der Waals surface area contributed by atoms with Gasteiger partial charge in [0.1, 0.15) is 0 Å². The molecule has 1 aliphatic heterocycles. The van der Waals surface area contributed by atoms with Crippen LogP contribution in [-0.4, -0.2) is 44.3 Å². The molecular formula is C16H18N6O3. The van der Waals surface area contributed by atoms with Gasteiger partial charge in [-0.15, -0.1) is 0 Å². The Labute approximate surface area is 143 Å². The van der Waals surface area contributed by atoms with E-state index in [4.69, 9.17) is 5.73 Å². The smallest absolute Gasteiger partial charge is 0.313 e. The topological polar surface area (TPSA) is 134 Å². The van der Waals surface area contributed by atoms with E-state index in [0.717, 1.165) is 25.0 Å². The molecule has 1 aliphatic rings. The summed E-state index contributed by atoms with van der Waals surface area (Å²) in [5.74, 6) is -2.09. The van der Waals surface area contributed by atoms with Crippen LogP contribution in [0.2, 0.25) is 0 Å². The molecule has 3 amide bonds. The first kappa shape index (κ1) is 16.6. The first-order chi connectivity index (χ1) is 12.1. The first-order valence-corrected chi connectivity index (χ1v) is 7.92. The predicted molar refractivity (Wildman–Crippen MR) is 88.3 cm³/mol. The molecule has 0 unspecified atom stereocenters. The van der Waals surface area contributed by atoms with Crippen molar-refractivity contribution < 1.29 is 14.4 Å². The highest BCUT2D eigenvalue weighted by Gasteiger charge is 2.32. The highest BCUT2D eigenvalue weighted by molar-refractivity contribution is 6.39. The highest BCUT2D eigenvalue weighted by Crippen LogP contribution is 2.29. The third-order valence-electron chi connectivity index (χ3n) is 4.10. The van der Waals surface area contributed by atoms with E-state index in [2.05, 4.69) is 20.5 Å². The fourth-order valence-electron chi connectivity index (χ4n) is 2.90. The molecule has 1 fully saturated rings. The summed E-state index contributed by atoms with van der Waals surface area (Å²) < 4.78 is 0. The number of hydrogen-bond acceptors (Lipinski definition) is 5. The number of pyridine rings is 1. The minimum Gasteiger partial charge on any atom is -0.366 e. The first-order valence-electron chi connectivity index (χ1n) is 7.92. The Morgan fingerprint density at radius 2 is 2.12 bits per heavy atom. The van der Waals surface area contributed by atoms with E-state index in [1.54, 1.807) is 12.3 Å². The molecule has 0 aromatic carbocycles. The number of hydrogen-bond donors (Lipinski definition) is 3. The number of likely N-dealkylation sites (tertiary alicyclic amines) is 1. The van der Waals surface area contributed by atoms with Crippen molar-refractivity contribution in [1.82, 2.24) is 20.1 Å². The van der Waals surface area contributed by atoms with Crippen molar-refractivity contribution >= 4 is 23.4 Å². The highest BCUT2D eigenvalue weighted by atomic mass is 16.2. The molecule has 9 nitrogen and oxygen atoms in total. The van der Waals surface area contributed by atoms with Crippen molar-refractivity contribution in [2.45, 2.75) is 25.3 Å². The van der Waals surface area contributed by atoms with E-state index in [1.165, 1.54) is 23.4 Å². The van der Waals surface area contributed by atoms with Crippen LogP contribution in [0.1, 0.15) is 41.4 Å². The zero-order chi connectivity index (χ0) is 17.8. The molecule has 9 heteroatoms. The molecule has 3 heterocycles. The number of primary amides is 1. The molecule has 1 atom stereocenters. The Bertz CT molecular complexity index is 789. The third kappa shape index (κ3) is 3.65. The minimum atomic E-state index is -0.786. The molecule has 4 N–H and O–H groups in total. The van der Waals surface area contributed by atoms with Crippen molar-refractivity contribution in [2.75, 3.05) is 11.9 Å². The molecule has 0 bridgehead atoms. The van der Waals surface area contributed by atoms with Crippen LogP contribution in [0, 0.1) is 0 Å². The number of carbonyl (C=O) groups excluding carboxylic acids is 3. The summed E-state index contributed by atoms with van der Waals surface area (Å²) in [5.41, 5.74) is 6.31. The molecule has 0 radical (unpaired) electrons. The summed E-state index contributed by atoms with van der Waals surface area (Å²) in [6, 6.07) is 2.95. The number of aromatic nitrogens is 3. The van der Waals surface area contributed by atoms with Gasteiger partial charge in [0, 0.05) is 18.9 Å². The van der Waals surface area contributed by atoms with Crippen LogP contribution in [0.4, 0.5) is 5.69 Å². The molecule has 1 saturated heterocycles. The third-order valence-corrected chi connectivity index (χ3v) is 4.10. The maximum Gasteiger partial charge on any atom is 0.313 e. The lowest BCUT2D eigenvalue weighted by Crippen LogP contribution is -2.44. The number of piperidine rings is 1. The molecular weight excluding hydrogens is 324 g/mol. The van der Waals surface area contributed by atoms with Crippen LogP contribution in [0.15, 0.2) is 30.7 Å². The van der Waals surface area contributed by atoms with Crippen LogP contribution in [-0.2, 0) is 9.59 Å². The van der Waals surface area contributed by atoms with Crippen molar-refractivity contribution in [3.63, 3.8) is 0 Å². The Hall–Kier alpha value is -3.23. The Kier molecular flexibility index (Phi) is 4.73. The zero-order valence-electron chi connectivity index (χ0n) is 13.4. The van der Waals surface area contributed by atoms with E-state index in [1.807, 2.05) is 0 Å². The number of anilines is 1. The fourth-order valence-corrected chi connectivity index (χ4v) is 2.90. The van der Waals surface area contributed by atoms with Crippen LogP contribution >= 0.6 is 0 Å². The number of rotatable bonds is 3. The number of aromatic amines is 1. The standard InChI is InChI=1S/C16H18N6O3/c17-14(23)10-7-11(9-18-8-10)20-15(24)16(25)22-6-2-1-3-13(22)12-4-5-19-21-12/h4-5,7-9,13H,1-3,6H2,(H2,17,23)(H,19,21)(H,20,24)/t13-/m0/s1. The zero-order valence-corrected chi connectivity index (χ0v) is 13.4. The normalized spacial score (nSPS) is 17.1. The molecule has 2 aromatic heterocycles. The van der Waals surface area contributed by atoms with Gasteiger partial charge < -0.3 is 16.0 Å². The summed E-state index contributed by atoms with van der Waals surface area (Å²) in [5, 5.41) is 9.34. The van der Waals surface area contributed by atoms with Crippen molar-refractivity contribution in [3.05, 3.63) is 42.0 Å². The average molecular weight is 342 g/mol. The molecule has 3 rings (SSSR count). The molecule has 0 aliphatic carbocycles. The maximum absolute atomic E-state index is 12.6. The molecule has 0 saturated carbocycles. The van der Waals surface area contributed by atoms with Gasteiger partial charge in [-0.3, -0.25) is 24.5 Å². The summed E-state index contributed by atoms with van der Waals surface area (Å²) in [6.45, 7) is 0.489. The summed E-state index contributed by atoms with van der Waals surface area (Å²) in [7, 11) is 0. The summed E-state index contributed by atoms with van der Waals surface area (Å²) in [4.78, 5) is 41.5. The second-order valence-electron chi connectivity index (χ2n) is 5.79. The van der Waals surface area contributed by atoms with Crippen LogP contribution in [0.25, 0.3) is 0 Å². The number of nitrogens with two attached hydrogens (primary N) is 1. The second kappa shape index (κ2) is 7.12. The molecule has 130 valence electrons. The molecule has 25 heavy (non-hydrogen) atoms. The maximum atomic E-state index is 12.6. The van der Waals surface area contributed by atoms with Crippen LogP contribution in [0.3, 0.4) is 0 Å². The number of nitrogens with one attached hydrogen (secondary N) is 2. The van der Waals surface area contributed by atoms with Gasteiger partial charge in [0.15, 0.2) is 0 Å². The van der Waals surface area contributed by atoms with Crippen LogP contribution < -0.4 is 11.1 Å². The van der Waals surface area contributed by atoms with Crippen molar-refractivity contribution in [1.29, 1.82) is 0 Å². The van der Waals surface area contributed by atoms with E-state index in [0.29, 0.717) is 6.54 Å². The van der Waals surface area contributed by atoms with Gasteiger partial charge in [-0.1, -0.05) is 0 Å². The van der Waals surface area contributed by atoms with Crippen molar-refractivity contribution in [2.24, 2.45) is 5.73 Å². The fraction of sp³-hybridized carbons (Fsp3) is 0.312. The second-order valence-corrected chi connectivity index (χ2v) is 5.79. The number of amides is 3. The predicted octanol–water partition coefficient (Wildman–Crippen LogP) is 0.596. The average Bonchev–Trinajstić information content (AvgIpc) is 3.15. The van der Waals surface area contributed by atoms with Gasteiger partial charge in [0.25, 0.3) is 0 Å². The summed E-state index contributed by atoms with van der Waals surface area (Å²) in [6.07, 6.45) is 6.87. The van der Waals surface area contributed by atoms with E-state index >= 15 is 0 Å². The van der Waals surface area contributed by atoms with E-state index in [9.17, 15) is 14.4 Å². The summed E-state index contributed by atoms with van der Waals surface area (Å²) >= 11 is 0. The number of nitrogens with zero attached hydrogens (tertiary/aromatic N) is 3. The lowest BCUT2D eigenvalue weighted by atomic mass is 9.99.